The fourth-order valence-electron chi connectivity index (χ4n) is 1.95. The molecule has 128 valence electrons. The average Bonchev–Trinajstić information content (AvgIpc) is 2.55. The highest BCUT2D eigenvalue weighted by Gasteiger charge is 2.27. The van der Waals surface area contributed by atoms with Gasteiger partial charge in [0.05, 0.1) is 15.6 Å². The molecule has 2 aromatic carbocycles. The number of carboxylic acid groups (broad SMARTS) is 1. The van der Waals surface area contributed by atoms with E-state index in [1.54, 1.807) is 12.1 Å². The van der Waals surface area contributed by atoms with Crippen LogP contribution in [0.25, 0.3) is 0 Å². The Labute approximate surface area is 148 Å². The van der Waals surface area contributed by atoms with Gasteiger partial charge < -0.3 is 5.11 Å². The molecule has 0 aromatic heterocycles. The first-order valence-corrected chi connectivity index (χ1v) is 9.63. The van der Waals surface area contributed by atoms with E-state index in [1.807, 2.05) is 6.26 Å². The molecule has 0 bridgehead atoms. The van der Waals surface area contributed by atoms with Crippen molar-refractivity contribution in [3.05, 3.63) is 53.3 Å². The van der Waals surface area contributed by atoms with Crippen LogP contribution < -0.4 is 4.31 Å². The third kappa shape index (κ3) is 4.00. The number of hydrogen-bond acceptors (Lipinski definition) is 4. The van der Waals surface area contributed by atoms with Crippen molar-refractivity contribution >= 4 is 45.0 Å². The van der Waals surface area contributed by atoms with Crippen LogP contribution in [0, 0.1) is 5.82 Å². The number of hydrogen-bond donors (Lipinski definition) is 1. The van der Waals surface area contributed by atoms with Gasteiger partial charge in [-0.05, 0) is 48.7 Å². The third-order valence-electron chi connectivity index (χ3n) is 3.12. The van der Waals surface area contributed by atoms with Crippen LogP contribution in [0.5, 0.6) is 0 Å². The van der Waals surface area contributed by atoms with Crippen molar-refractivity contribution in [1.82, 2.24) is 0 Å². The number of carbonyl (C=O) groups is 1. The van der Waals surface area contributed by atoms with E-state index in [0.29, 0.717) is 4.31 Å². The van der Waals surface area contributed by atoms with Crippen LogP contribution in [0.3, 0.4) is 0 Å². The molecule has 2 aromatic rings. The first-order valence-electron chi connectivity index (χ1n) is 6.59. The first-order chi connectivity index (χ1) is 11.3. The normalized spacial score (nSPS) is 11.3. The van der Waals surface area contributed by atoms with E-state index in [4.69, 9.17) is 16.7 Å². The largest absolute Gasteiger partial charge is 0.480 e. The molecular weight excluding hydrogens is 377 g/mol. The molecule has 0 aliphatic heterocycles. The van der Waals surface area contributed by atoms with Gasteiger partial charge in [-0.2, -0.15) is 0 Å². The molecule has 24 heavy (non-hydrogen) atoms. The number of carboxylic acids is 1. The van der Waals surface area contributed by atoms with Crippen molar-refractivity contribution in [3.8, 4) is 0 Å². The van der Waals surface area contributed by atoms with Gasteiger partial charge in [0, 0.05) is 4.90 Å². The second-order valence-electron chi connectivity index (χ2n) is 4.68. The summed E-state index contributed by atoms with van der Waals surface area (Å²) in [5.41, 5.74) is -0.0299. The maximum atomic E-state index is 13.3. The lowest BCUT2D eigenvalue weighted by Gasteiger charge is -2.23. The van der Waals surface area contributed by atoms with Crippen LogP contribution in [0.1, 0.15) is 0 Å². The highest BCUT2D eigenvalue weighted by molar-refractivity contribution is 7.98. The van der Waals surface area contributed by atoms with Gasteiger partial charge in [0.1, 0.15) is 12.4 Å². The number of sulfonamides is 1. The van der Waals surface area contributed by atoms with E-state index in [1.165, 1.54) is 23.9 Å². The Hall–Kier alpha value is -1.77. The molecule has 0 radical (unpaired) electrons. The van der Waals surface area contributed by atoms with Crippen molar-refractivity contribution in [2.45, 2.75) is 9.79 Å². The van der Waals surface area contributed by atoms with Crippen molar-refractivity contribution in [1.29, 1.82) is 0 Å². The minimum Gasteiger partial charge on any atom is -0.480 e. The third-order valence-corrected chi connectivity index (χ3v) is 5.94. The van der Waals surface area contributed by atoms with Crippen LogP contribution >= 0.6 is 23.4 Å². The summed E-state index contributed by atoms with van der Waals surface area (Å²) in [6, 6.07) is 9.25. The van der Waals surface area contributed by atoms with E-state index >= 15 is 0 Å². The zero-order chi connectivity index (χ0) is 17.9. The van der Waals surface area contributed by atoms with Gasteiger partial charge in [-0.15, -0.1) is 11.8 Å². The number of thioether (sulfide) groups is 1. The summed E-state index contributed by atoms with van der Waals surface area (Å²) < 4.78 is 39.6. The van der Waals surface area contributed by atoms with Crippen LogP contribution in [0.4, 0.5) is 10.1 Å². The topological polar surface area (TPSA) is 74.7 Å². The summed E-state index contributed by atoms with van der Waals surface area (Å²) in [6.45, 7) is -0.811. The van der Waals surface area contributed by atoms with Gasteiger partial charge in [0.25, 0.3) is 10.0 Å². The number of aliphatic carboxylic acids is 1. The fraction of sp³-hybridized carbons (Fsp3) is 0.133. The molecule has 0 spiro atoms. The minimum atomic E-state index is -4.14. The zero-order valence-electron chi connectivity index (χ0n) is 12.4. The summed E-state index contributed by atoms with van der Waals surface area (Å²) in [5, 5.41) is 8.75. The lowest BCUT2D eigenvalue weighted by atomic mass is 10.3. The van der Waals surface area contributed by atoms with Gasteiger partial charge in [0.15, 0.2) is 0 Å². The predicted molar refractivity (Wildman–Crippen MR) is 91.8 cm³/mol. The average molecular weight is 390 g/mol. The summed E-state index contributed by atoms with van der Waals surface area (Å²) in [5.74, 6) is -2.07. The van der Waals surface area contributed by atoms with E-state index in [9.17, 15) is 17.6 Å². The SMILES string of the molecule is CSc1ccc(S(=O)(=O)N(CC(=O)O)c2ccc(F)c(Cl)c2)cc1. The Bertz CT molecular complexity index is 856. The highest BCUT2D eigenvalue weighted by atomic mass is 35.5. The number of rotatable bonds is 6. The number of nitrogens with zero attached hydrogens (tertiary/aromatic N) is 1. The quantitative estimate of drug-likeness (QED) is 0.765. The molecule has 0 unspecified atom stereocenters. The minimum absolute atomic E-state index is 0.0299. The van der Waals surface area contributed by atoms with Crippen molar-refractivity contribution < 1.29 is 22.7 Å². The molecule has 0 saturated heterocycles. The van der Waals surface area contributed by atoms with Crippen molar-refractivity contribution in [2.24, 2.45) is 0 Å². The molecule has 9 heteroatoms. The molecular formula is C15H13ClFNO4S2. The maximum absolute atomic E-state index is 13.3. The molecule has 5 nitrogen and oxygen atoms in total. The Morgan fingerprint density at radius 3 is 2.38 bits per heavy atom. The molecule has 0 amide bonds. The second-order valence-corrected chi connectivity index (χ2v) is 7.83. The maximum Gasteiger partial charge on any atom is 0.324 e. The highest BCUT2D eigenvalue weighted by Crippen LogP contribution is 2.28. The van der Waals surface area contributed by atoms with Gasteiger partial charge in [0.2, 0.25) is 0 Å². The van der Waals surface area contributed by atoms with Crippen LogP contribution in [-0.2, 0) is 14.8 Å². The van der Waals surface area contributed by atoms with E-state index in [2.05, 4.69) is 0 Å². The van der Waals surface area contributed by atoms with Crippen LogP contribution in [-0.4, -0.2) is 32.3 Å². The number of halogens is 2. The van der Waals surface area contributed by atoms with Gasteiger partial charge >= 0.3 is 5.97 Å². The Morgan fingerprint density at radius 2 is 1.88 bits per heavy atom. The monoisotopic (exact) mass is 389 g/mol. The summed E-state index contributed by atoms with van der Waals surface area (Å²) in [4.78, 5) is 11.9. The van der Waals surface area contributed by atoms with Crippen molar-refractivity contribution in [3.63, 3.8) is 0 Å². The van der Waals surface area contributed by atoms with Gasteiger partial charge in [-0.3, -0.25) is 9.10 Å². The fourth-order valence-corrected chi connectivity index (χ4v) is 3.94. The standard InChI is InChI=1S/C15H13ClFNO4S2/c1-23-11-3-5-12(6-4-11)24(21,22)18(9-15(19)20)10-2-7-14(17)13(16)8-10/h2-8H,9H2,1H3,(H,19,20). The zero-order valence-corrected chi connectivity index (χ0v) is 14.8. The predicted octanol–water partition coefficient (Wildman–Crippen LogP) is 3.48. The Kier molecular flexibility index (Phi) is 5.74. The van der Waals surface area contributed by atoms with E-state index in [-0.39, 0.29) is 15.6 Å². The molecule has 0 aliphatic rings. The molecule has 0 atom stereocenters. The summed E-state index contributed by atoms with van der Waals surface area (Å²) >= 11 is 7.13. The molecule has 0 aliphatic carbocycles. The second kappa shape index (κ2) is 7.42. The number of anilines is 1. The van der Waals surface area contributed by atoms with Crippen LogP contribution in [0.2, 0.25) is 5.02 Å². The summed E-state index contributed by atoms with van der Waals surface area (Å²) in [7, 11) is -4.14. The first kappa shape index (κ1) is 18.6. The Morgan fingerprint density at radius 1 is 1.25 bits per heavy atom. The molecule has 0 saturated carbocycles. The smallest absolute Gasteiger partial charge is 0.324 e. The molecule has 2 rings (SSSR count). The van der Waals surface area contributed by atoms with Crippen LogP contribution in [0.15, 0.2) is 52.3 Å². The van der Waals surface area contributed by atoms with Gasteiger partial charge in [-0.25, -0.2) is 12.8 Å². The molecule has 0 fully saturated rings. The van der Waals surface area contributed by atoms with E-state index < -0.39 is 28.4 Å². The molecule has 1 N–H and O–H groups in total. The number of benzene rings is 2. The lowest BCUT2D eigenvalue weighted by Crippen LogP contribution is -2.35. The Balaban J connectivity index is 2.52. The molecule has 0 heterocycles. The lowest BCUT2D eigenvalue weighted by molar-refractivity contribution is -0.135. The van der Waals surface area contributed by atoms with Gasteiger partial charge in [-0.1, -0.05) is 11.6 Å². The van der Waals surface area contributed by atoms with Crippen molar-refractivity contribution in [2.75, 3.05) is 17.1 Å². The summed E-state index contributed by atoms with van der Waals surface area (Å²) in [6.07, 6.45) is 1.85. The van der Waals surface area contributed by atoms with E-state index in [0.717, 1.165) is 23.1 Å².